The minimum absolute atomic E-state index is 0.144. The van der Waals surface area contributed by atoms with Crippen molar-refractivity contribution in [2.24, 2.45) is 5.92 Å². The van der Waals surface area contributed by atoms with Gasteiger partial charge < -0.3 is 49.3 Å². The van der Waals surface area contributed by atoms with Gasteiger partial charge in [-0.15, -0.1) is 0 Å². The van der Waals surface area contributed by atoms with Gasteiger partial charge in [-0.1, -0.05) is 105 Å². The summed E-state index contributed by atoms with van der Waals surface area (Å²) in [5.41, 5.74) is 6.07. The smallest absolute Gasteiger partial charge is 0.407 e. The highest BCUT2D eigenvalue weighted by molar-refractivity contribution is 5.88. The second-order valence-electron chi connectivity index (χ2n) is 15.5. The van der Waals surface area contributed by atoms with Gasteiger partial charge in [0.15, 0.2) is 5.79 Å². The Morgan fingerprint density at radius 2 is 1.30 bits per heavy atom. The maximum atomic E-state index is 14.3. The number of aromatic amines is 2. The van der Waals surface area contributed by atoms with Gasteiger partial charge in [-0.2, -0.15) is 0 Å². The number of nitrogens with zero attached hydrogens (tertiary/aromatic N) is 4. The van der Waals surface area contributed by atoms with Crippen molar-refractivity contribution < 1.29 is 38.1 Å². The molecule has 3 aliphatic rings. The Hall–Kier alpha value is -6.78. The van der Waals surface area contributed by atoms with Crippen LogP contribution >= 0.6 is 0 Å². The zero-order valence-corrected chi connectivity index (χ0v) is 34.3. The molecule has 2 saturated heterocycles. The van der Waals surface area contributed by atoms with Crippen LogP contribution in [0.4, 0.5) is 9.59 Å². The Kier molecular flexibility index (Phi) is 11.7. The van der Waals surface area contributed by atoms with Crippen LogP contribution in [0.15, 0.2) is 103 Å². The Morgan fingerprint density at radius 1 is 0.738 bits per heavy atom. The molecular weight excluding hydrogens is 781 g/mol. The Balaban J connectivity index is 0.958. The number of carbonyl (C=O) groups excluding carboxylic acids is 4. The minimum atomic E-state index is -1.000. The second kappa shape index (κ2) is 17.4. The molecule has 316 valence electrons. The molecule has 0 bridgehead atoms. The number of likely N-dealkylation sites (tertiary alicyclic amines) is 1. The van der Waals surface area contributed by atoms with Crippen LogP contribution < -0.4 is 10.6 Å². The van der Waals surface area contributed by atoms with E-state index >= 15 is 0 Å². The van der Waals surface area contributed by atoms with Crippen LogP contribution in [-0.4, -0.2) is 106 Å². The molecule has 16 heteroatoms. The predicted molar refractivity (Wildman–Crippen MR) is 223 cm³/mol. The maximum absolute atomic E-state index is 14.3. The lowest BCUT2D eigenvalue weighted by molar-refractivity contribution is -0.153. The zero-order chi connectivity index (χ0) is 42.7. The van der Waals surface area contributed by atoms with E-state index in [1.54, 1.807) is 34.3 Å². The summed E-state index contributed by atoms with van der Waals surface area (Å²) in [6.07, 6.45) is 6.35. The summed E-state index contributed by atoms with van der Waals surface area (Å²) in [4.78, 5) is 71.7. The topological polar surface area (TPSA) is 193 Å². The third-order valence-electron chi connectivity index (χ3n) is 11.4. The van der Waals surface area contributed by atoms with E-state index < -0.39 is 42.1 Å². The third kappa shape index (κ3) is 8.49. The minimum Gasteiger partial charge on any atom is -0.453 e. The molecule has 2 aromatic heterocycles. The van der Waals surface area contributed by atoms with Crippen molar-refractivity contribution in [2.75, 3.05) is 40.5 Å². The lowest BCUT2D eigenvalue weighted by Crippen LogP contribution is -2.51. The van der Waals surface area contributed by atoms with Gasteiger partial charge in [0.25, 0.3) is 5.91 Å². The number of rotatable bonds is 11. The van der Waals surface area contributed by atoms with E-state index in [0.717, 1.165) is 33.6 Å². The molecule has 3 aliphatic heterocycles. The van der Waals surface area contributed by atoms with Crippen molar-refractivity contribution in [1.29, 1.82) is 0 Å². The first-order valence-electron chi connectivity index (χ1n) is 20.2. The molecule has 0 radical (unpaired) electrons. The van der Waals surface area contributed by atoms with Gasteiger partial charge in [-0.05, 0) is 33.7 Å². The number of carbonyl (C=O) groups is 4. The van der Waals surface area contributed by atoms with Crippen LogP contribution in [0.1, 0.15) is 55.6 Å². The average Bonchev–Trinajstić information content (AvgIpc) is 4.15. The first-order chi connectivity index (χ1) is 29.6. The number of hydrogen-bond donors (Lipinski definition) is 4. The maximum Gasteiger partial charge on any atom is 0.407 e. The van der Waals surface area contributed by atoms with Crippen LogP contribution in [-0.2, 0) is 28.5 Å². The lowest BCUT2D eigenvalue weighted by Gasteiger charge is -2.29. The molecule has 0 aliphatic carbocycles. The largest absolute Gasteiger partial charge is 0.453 e. The van der Waals surface area contributed by atoms with Gasteiger partial charge in [0.1, 0.15) is 29.8 Å². The molecule has 5 aromatic rings. The normalized spacial score (nSPS) is 19.0. The third-order valence-corrected chi connectivity index (χ3v) is 11.4. The summed E-state index contributed by atoms with van der Waals surface area (Å²) < 4.78 is 21.7. The second-order valence-corrected chi connectivity index (χ2v) is 15.5. The van der Waals surface area contributed by atoms with Crippen molar-refractivity contribution >= 4 is 24.0 Å². The van der Waals surface area contributed by atoms with Crippen molar-refractivity contribution in [2.45, 2.75) is 50.2 Å². The fourth-order valence-electron chi connectivity index (χ4n) is 8.13. The van der Waals surface area contributed by atoms with E-state index in [9.17, 15) is 19.2 Å². The fourth-order valence-corrected chi connectivity index (χ4v) is 8.13. The van der Waals surface area contributed by atoms with Crippen LogP contribution in [0.2, 0.25) is 0 Å². The molecule has 4 amide bonds. The number of aromatic nitrogens is 4. The average molecular weight is 829 g/mol. The van der Waals surface area contributed by atoms with Gasteiger partial charge in [0, 0.05) is 13.0 Å². The molecule has 0 saturated carbocycles. The molecule has 1 spiro atoms. The molecule has 61 heavy (non-hydrogen) atoms. The van der Waals surface area contributed by atoms with E-state index in [0.29, 0.717) is 43.4 Å². The van der Waals surface area contributed by atoms with Crippen molar-refractivity contribution in [3.05, 3.63) is 121 Å². The summed E-state index contributed by atoms with van der Waals surface area (Å²) >= 11 is 0. The lowest BCUT2D eigenvalue weighted by atomic mass is 10.0. The fraction of sp³-hybridized carbons (Fsp3) is 0.333. The van der Waals surface area contributed by atoms with Gasteiger partial charge in [-0.3, -0.25) is 9.59 Å². The molecule has 5 heterocycles. The number of ether oxygens (including phenoxy) is 4. The molecule has 8 rings (SSSR count). The highest BCUT2D eigenvalue weighted by atomic mass is 16.7. The van der Waals surface area contributed by atoms with E-state index in [4.69, 9.17) is 23.9 Å². The van der Waals surface area contributed by atoms with E-state index in [1.807, 2.05) is 92.7 Å². The number of hydrogen-bond acceptors (Lipinski definition) is 10. The van der Waals surface area contributed by atoms with Gasteiger partial charge in [-0.25, -0.2) is 19.6 Å². The molecule has 3 aromatic carbocycles. The molecule has 4 N–H and O–H groups in total. The van der Waals surface area contributed by atoms with Crippen molar-refractivity contribution in [3.8, 4) is 33.6 Å². The van der Waals surface area contributed by atoms with Crippen LogP contribution in [0.25, 0.3) is 33.6 Å². The van der Waals surface area contributed by atoms with Gasteiger partial charge in [0.2, 0.25) is 5.91 Å². The SMILES string of the molecule is COC(=O)NC(C(=O)N1CC=C[C@H]1c1ncc(-c2ccc(-c3ccc(-c4cnc([C@@H]5CC6(CN5C(=O)[C@H](NC(=O)OC)c5ccccc5)OCCO6)[nH]4)cc3)cc2)[nH]1)C(C)C. The summed E-state index contributed by atoms with van der Waals surface area (Å²) in [5.74, 6) is -0.476. The number of H-pyrrole nitrogens is 2. The first kappa shape index (κ1) is 41.0. The zero-order valence-electron chi connectivity index (χ0n) is 34.3. The molecular formula is C45H48N8O8. The van der Waals surface area contributed by atoms with Crippen LogP contribution in [0.5, 0.6) is 0 Å². The van der Waals surface area contributed by atoms with E-state index in [2.05, 4.69) is 25.6 Å². The monoisotopic (exact) mass is 828 g/mol. The van der Waals surface area contributed by atoms with Crippen LogP contribution in [0, 0.1) is 5.92 Å². The van der Waals surface area contributed by atoms with Gasteiger partial charge in [0.05, 0.1) is 63.8 Å². The quantitative estimate of drug-likeness (QED) is 0.114. The van der Waals surface area contributed by atoms with Crippen molar-refractivity contribution in [1.82, 2.24) is 40.4 Å². The molecule has 2 fully saturated rings. The highest BCUT2D eigenvalue weighted by Crippen LogP contribution is 2.43. The number of benzene rings is 3. The van der Waals surface area contributed by atoms with Gasteiger partial charge >= 0.3 is 12.2 Å². The summed E-state index contributed by atoms with van der Waals surface area (Å²) in [5, 5.41) is 5.37. The Morgan fingerprint density at radius 3 is 1.89 bits per heavy atom. The number of amides is 4. The first-order valence-corrected chi connectivity index (χ1v) is 20.2. The Labute approximate surface area is 352 Å². The number of methoxy groups -OCH3 is 2. The molecule has 16 nitrogen and oxygen atoms in total. The summed E-state index contributed by atoms with van der Waals surface area (Å²) in [6, 6.07) is 22.6. The van der Waals surface area contributed by atoms with Crippen molar-refractivity contribution in [3.63, 3.8) is 0 Å². The summed E-state index contributed by atoms with van der Waals surface area (Å²) in [7, 11) is 2.53. The van der Waals surface area contributed by atoms with Crippen LogP contribution in [0.3, 0.4) is 0 Å². The molecule has 1 unspecified atom stereocenters. The highest BCUT2D eigenvalue weighted by Gasteiger charge is 2.52. The van der Waals surface area contributed by atoms with E-state index in [-0.39, 0.29) is 24.3 Å². The molecule has 4 atom stereocenters. The number of imidazole rings is 2. The number of alkyl carbamates (subject to hydrolysis) is 2. The standard InChI is InChI=1S/C45H48N8O8/c1-27(2)37(50-43(56)58-3)41(54)52-20-8-11-35(52)39-46-24-33(48-39)30-16-12-28(13-17-30)29-14-18-31(19-15-29)34-25-47-40(49-34)36-23-45(60-21-22-61-45)26-53(36)42(55)38(51-44(57)59-4)32-9-6-5-7-10-32/h5-19,24-25,27,35-38H,20-23,26H2,1-4H3,(H,46,48)(H,47,49)(H,50,56)(H,51,57)/t35-,36-,37?,38+/m0/s1. The number of nitrogens with one attached hydrogen (secondary N) is 4. The summed E-state index contributed by atoms with van der Waals surface area (Å²) in [6.45, 7) is 5.15. The Bertz CT molecular complexity index is 2390. The van der Waals surface area contributed by atoms with E-state index in [1.165, 1.54) is 14.2 Å². The predicted octanol–water partition coefficient (Wildman–Crippen LogP) is 6.07.